The van der Waals surface area contributed by atoms with Gasteiger partial charge < -0.3 is 14.8 Å². The van der Waals surface area contributed by atoms with Crippen LogP contribution in [0.1, 0.15) is 11.1 Å². The lowest BCUT2D eigenvalue weighted by Gasteiger charge is -2.35. The van der Waals surface area contributed by atoms with Gasteiger partial charge >= 0.3 is 0 Å². The molecule has 0 saturated carbocycles. The molecule has 2 aromatic carbocycles. The van der Waals surface area contributed by atoms with Gasteiger partial charge in [0, 0.05) is 54.6 Å². The van der Waals surface area contributed by atoms with E-state index in [1.54, 1.807) is 12.1 Å². The van der Waals surface area contributed by atoms with Crippen molar-refractivity contribution in [2.24, 2.45) is 0 Å². The molecule has 154 valence electrons. The SMILES string of the molecule is O=C(CN1CCN(Cc2cc(Cl)cc3c2OCOC3)CC1)Nc1ccc(F)cc1. The van der Waals surface area contributed by atoms with Crippen LogP contribution >= 0.6 is 11.6 Å². The third-order valence-electron chi connectivity index (χ3n) is 5.11. The molecule has 1 N–H and O–H groups in total. The van der Waals surface area contributed by atoms with Crippen LogP contribution in [0.5, 0.6) is 5.75 Å². The second-order valence-electron chi connectivity index (χ2n) is 7.27. The maximum atomic E-state index is 13.0. The van der Waals surface area contributed by atoms with Gasteiger partial charge in [-0.3, -0.25) is 14.6 Å². The number of hydrogen-bond donors (Lipinski definition) is 1. The van der Waals surface area contributed by atoms with E-state index in [9.17, 15) is 9.18 Å². The number of halogens is 2. The molecule has 29 heavy (non-hydrogen) atoms. The van der Waals surface area contributed by atoms with Crippen molar-refractivity contribution in [2.75, 3.05) is 44.8 Å². The number of amides is 1. The molecule has 6 nitrogen and oxygen atoms in total. The number of piperazine rings is 1. The van der Waals surface area contributed by atoms with E-state index >= 15 is 0 Å². The topological polar surface area (TPSA) is 54.0 Å². The van der Waals surface area contributed by atoms with Gasteiger partial charge in [0.1, 0.15) is 11.6 Å². The number of ether oxygens (including phenoxy) is 2. The molecule has 1 saturated heterocycles. The molecule has 2 aromatic rings. The van der Waals surface area contributed by atoms with Crippen molar-refractivity contribution in [2.45, 2.75) is 13.2 Å². The van der Waals surface area contributed by atoms with Crippen LogP contribution in [0.4, 0.5) is 10.1 Å². The molecular weight excluding hydrogens is 397 g/mol. The van der Waals surface area contributed by atoms with E-state index in [0.717, 1.165) is 49.6 Å². The van der Waals surface area contributed by atoms with Crippen LogP contribution in [0.3, 0.4) is 0 Å². The highest BCUT2D eigenvalue weighted by atomic mass is 35.5. The lowest BCUT2D eigenvalue weighted by Crippen LogP contribution is -2.48. The van der Waals surface area contributed by atoms with Crippen molar-refractivity contribution < 1.29 is 18.7 Å². The summed E-state index contributed by atoms with van der Waals surface area (Å²) < 4.78 is 24.0. The van der Waals surface area contributed by atoms with Crippen LogP contribution in [0.25, 0.3) is 0 Å². The van der Waals surface area contributed by atoms with E-state index in [1.165, 1.54) is 12.1 Å². The Morgan fingerprint density at radius 3 is 2.59 bits per heavy atom. The minimum atomic E-state index is -0.321. The fourth-order valence-corrected chi connectivity index (χ4v) is 3.92. The predicted molar refractivity (Wildman–Crippen MR) is 108 cm³/mol. The molecule has 2 aliphatic heterocycles. The van der Waals surface area contributed by atoms with Crippen molar-refractivity contribution in [3.8, 4) is 5.75 Å². The fourth-order valence-electron chi connectivity index (χ4n) is 3.66. The van der Waals surface area contributed by atoms with Gasteiger partial charge in [0.2, 0.25) is 5.91 Å². The molecule has 0 atom stereocenters. The van der Waals surface area contributed by atoms with Crippen molar-refractivity contribution in [3.63, 3.8) is 0 Å². The Morgan fingerprint density at radius 1 is 1.10 bits per heavy atom. The monoisotopic (exact) mass is 419 g/mol. The summed E-state index contributed by atoms with van der Waals surface area (Å²) in [5.74, 6) is 0.460. The quantitative estimate of drug-likeness (QED) is 0.807. The summed E-state index contributed by atoms with van der Waals surface area (Å²) in [7, 11) is 0. The third-order valence-corrected chi connectivity index (χ3v) is 5.32. The van der Waals surface area contributed by atoms with E-state index in [1.807, 2.05) is 12.1 Å². The first-order valence-electron chi connectivity index (χ1n) is 9.59. The van der Waals surface area contributed by atoms with E-state index in [0.29, 0.717) is 23.9 Å². The maximum absolute atomic E-state index is 13.0. The van der Waals surface area contributed by atoms with Crippen LogP contribution in [0.15, 0.2) is 36.4 Å². The number of hydrogen-bond acceptors (Lipinski definition) is 5. The molecule has 1 fully saturated rings. The summed E-state index contributed by atoms with van der Waals surface area (Å²) >= 11 is 6.25. The van der Waals surface area contributed by atoms with Crippen LogP contribution in [-0.4, -0.2) is 55.2 Å². The highest BCUT2D eigenvalue weighted by Crippen LogP contribution is 2.32. The van der Waals surface area contributed by atoms with Crippen molar-refractivity contribution >= 4 is 23.2 Å². The summed E-state index contributed by atoms with van der Waals surface area (Å²) in [4.78, 5) is 16.7. The number of anilines is 1. The fraction of sp³-hybridized carbons (Fsp3) is 0.381. The lowest BCUT2D eigenvalue weighted by molar-refractivity contribution is -0.117. The Bertz CT molecular complexity index is 870. The van der Waals surface area contributed by atoms with E-state index in [4.69, 9.17) is 21.1 Å². The number of nitrogens with one attached hydrogen (secondary N) is 1. The highest BCUT2D eigenvalue weighted by molar-refractivity contribution is 6.30. The van der Waals surface area contributed by atoms with Gasteiger partial charge in [-0.25, -0.2) is 4.39 Å². The summed E-state index contributed by atoms with van der Waals surface area (Å²) in [5, 5.41) is 3.49. The molecule has 0 spiro atoms. The standard InChI is InChI=1S/C21H23ClFN3O3/c22-17-9-15(21-16(10-17)13-28-14-29-21)11-25-5-7-26(8-6-25)12-20(27)24-19-3-1-18(23)2-4-19/h1-4,9-10H,5-8,11-14H2,(H,24,27). The zero-order valence-electron chi connectivity index (χ0n) is 16.0. The lowest BCUT2D eigenvalue weighted by atomic mass is 10.1. The summed E-state index contributed by atoms with van der Waals surface area (Å²) in [6.07, 6.45) is 0. The average molecular weight is 420 g/mol. The van der Waals surface area contributed by atoms with E-state index in [-0.39, 0.29) is 18.5 Å². The highest BCUT2D eigenvalue weighted by Gasteiger charge is 2.22. The number of rotatable bonds is 5. The summed E-state index contributed by atoms with van der Waals surface area (Å²) in [5.41, 5.74) is 2.65. The third kappa shape index (κ3) is 5.25. The van der Waals surface area contributed by atoms with E-state index < -0.39 is 0 Å². The number of carbonyl (C=O) groups excluding carboxylic acids is 1. The molecule has 0 aromatic heterocycles. The number of carbonyl (C=O) groups is 1. The zero-order chi connectivity index (χ0) is 20.2. The number of fused-ring (bicyclic) bond motifs is 1. The van der Waals surface area contributed by atoms with Crippen LogP contribution in [-0.2, 0) is 22.7 Å². The predicted octanol–water partition coefficient (Wildman–Crippen LogP) is 3.10. The smallest absolute Gasteiger partial charge is 0.238 e. The van der Waals surface area contributed by atoms with Gasteiger partial charge in [0.05, 0.1) is 13.2 Å². The molecule has 0 unspecified atom stereocenters. The van der Waals surface area contributed by atoms with Crippen molar-refractivity contribution in [3.05, 3.63) is 58.4 Å². The van der Waals surface area contributed by atoms with Crippen molar-refractivity contribution in [1.82, 2.24) is 9.80 Å². The minimum Gasteiger partial charge on any atom is -0.467 e. The molecule has 0 radical (unpaired) electrons. The van der Waals surface area contributed by atoms with Gasteiger partial charge in [0.15, 0.2) is 6.79 Å². The Balaban J connectivity index is 1.28. The normalized spacial score (nSPS) is 17.4. The average Bonchev–Trinajstić information content (AvgIpc) is 2.71. The van der Waals surface area contributed by atoms with Crippen molar-refractivity contribution in [1.29, 1.82) is 0 Å². The largest absolute Gasteiger partial charge is 0.467 e. The molecule has 8 heteroatoms. The Hall–Kier alpha value is -2.19. The molecule has 0 bridgehead atoms. The maximum Gasteiger partial charge on any atom is 0.238 e. The first-order valence-corrected chi connectivity index (χ1v) is 9.96. The van der Waals surface area contributed by atoms with Gasteiger partial charge in [0.25, 0.3) is 0 Å². The second kappa shape index (κ2) is 9.09. The van der Waals surface area contributed by atoms with E-state index in [2.05, 4.69) is 15.1 Å². The molecule has 0 aliphatic carbocycles. The molecule has 4 rings (SSSR count). The van der Waals surface area contributed by atoms with Gasteiger partial charge in [-0.2, -0.15) is 0 Å². The minimum absolute atomic E-state index is 0.0950. The Kier molecular flexibility index (Phi) is 6.30. The van der Waals surface area contributed by atoms with Crippen LogP contribution in [0.2, 0.25) is 5.02 Å². The second-order valence-corrected chi connectivity index (χ2v) is 7.71. The zero-order valence-corrected chi connectivity index (χ0v) is 16.8. The molecular formula is C21H23ClFN3O3. The Morgan fingerprint density at radius 2 is 1.83 bits per heavy atom. The van der Waals surface area contributed by atoms with Gasteiger partial charge in [-0.05, 0) is 36.4 Å². The van der Waals surface area contributed by atoms with Gasteiger partial charge in [-0.1, -0.05) is 11.6 Å². The summed E-state index contributed by atoms with van der Waals surface area (Å²) in [6, 6.07) is 9.62. The molecule has 2 heterocycles. The number of benzene rings is 2. The molecule has 2 aliphatic rings. The van der Waals surface area contributed by atoms with Crippen LogP contribution < -0.4 is 10.1 Å². The first kappa shape index (κ1) is 20.1. The van der Waals surface area contributed by atoms with Crippen LogP contribution in [0, 0.1) is 5.82 Å². The summed E-state index contributed by atoms with van der Waals surface area (Å²) in [6.45, 7) is 5.13. The van der Waals surface area contributed by atoms with Gasteiger partial charge in [-0.15, -0.1) is 0 Å². The Labute approximate surface area is 174 Å². The number of nitrogens with zero attached hydrogens (tertiary/aromatic N) is 2. The first-order chi connectivity index (χ1) is 14.1. The molecule has 1 amide bonds.